The Kier molecular flexibility index (Phi) is 4.47. The Hall–Kier alpha value is -2.40. The van der Waals surface area contributed by atoms with Crippen LogP contribution in [0.15, 0.2) is 49.1 Å². The molecule has 0 bridgehead atoms. The van der Waals surface area contributed by atoms with Gasteiger partial charge in [0.1, 0.15) is 0 Å². The normalized spacial score (nSPS) is 10.1. The molecule has 2 rings (SSSR count). The number of carbonyl (C=O) groups is 2. The van der Waals surface area contributed by atoms with Gasteiger partial charge in [0.15, 0.2) is 37.4 Å². The largest absolute Gasteiger partial charge is 0.298 e. The van der Waals surface area contributed by atoms with Crippen molar-refractivity contribution >= 4 is 12.6 Å². The zero-order chi connectivity index (χ0) is 13.5. The quantitative estimate of drug-likeness (QED) is 0.560. The summed E-state index contributed by atoms with van der Waals surface area (Å²) >= 11 is 0. The van der Waals surface area contributed by atoms with E-state index in [1.807, 2.05) is 10.8 Å². The number of hydrogen-bond acceptors (Lipinski definition) is 3. The van der Waals surface area contributed by atoms with Crippen molar-refractivity contribution in [3.05, 3.63) is 60.2 Å². The highest BCUT2D eigenvalue weighted by Gasteiger charge is 2.05. The van der Waals surface area contributed by atoms with Crippen LogP contribution in [0.3, 0.4) is 0 Å². The average Bonchev–Trinajstić information content (AvgIpc) is 2.48. The molecule has 0 aliphatic carbocycles. The van der Waals surface area contributed by atoms with E-state index < -0.39 is 0 Å². The van der Waals surface area contributed by atoms with Gasteiger partial charge in [-0.1, -0.05) is 0 Å². The molecule has 2 aromatic heterocycles. The Balaban J connectivity index is 1.88. The maximum atomic E-state index is 10.6. The molecular weight excluding hydrogens is 244 g/mol. The van der Waals surface area contributed by atoms with Crippen LogP contribution < -0.4 is 9.13 Å². The van der Waals surface area contributed by atoms with E-state index in [-0.39, 0.29) is 0 Å². The molecule has 0 radical (unpaired) electrons. The molecule has 19 heavy (non-hydrogen) atoms. The molecule has 0 atom stereocenters. The maximum Gasteiger partial charge on any atom is 0.257 e. The van der Waals surface area contributed by atoms with Crippen LogP contribution in [0.1, 0.15) is 20.7 Å². The topological polar surface area (TPSA) is 51.1 Å². The smallest absolute Gasteiger partial charge is 0.257 e. The zero-order valence-corrected chi connectivity index (χ0v) is 10.3. The highest BCUT2D eigenvalue weighted by Crippen LogP contribution is 1.90. The maximum absolute atomic E-state index is 10.6. The second-order valence-corrected chi connectivity index (χ2v) is 4.00. The number of aldehydes is 2. The highest BCUT2D eigenvalue weighted by atomic mass is 16.5. The summed E-state index contributed by atoms with van der Waals surface area (Å²) in [6, 6.07) is 6.96. The van der Waals surface area contributed by atoms with Crippen LogP contribution in [0.5, 0.6) is 0 Å². The first-order valence-corrected chi connectivity index (χ1v) is 5.78. The highest BCUT2D eigenvalue weighted by molar-refractivity contribution is 5.74. The molecule has 0 unspecified atom stereocenters. The molecule has 0 spiro atoms. The van der Waals surface area contributed by atoms with Crippen LogP contribution in [-0.4, -0.2) is 12.6 Å². The van der Waals surface area contributed by atoms with Gasteiger partial charge in [-0.3, -0.25) is 14.3 Å². The van der Waals surface area contributed by atoms with Gasteiger partial charge in [-0.05, 0) is 6.07 Å². The molecule has 0 aliphatic heterocycles. The van der Waals surface area contributed by atoms with Crippen molar-refractivity contribution in [3.8, 4) is 0 Å². The molecule has 0 saturated carbocycles. The molecule has 0 fully saturated rings. The van der Waals surface area contributed by atoms with Gasteiger partial charge in [0.2, 0.25) is 0 Å². The fourth-order valence-electron chi connectivity index (χ4n) is 1.58. The van der Waals surface area contributed by atoms with Gasteiger partial charge in [0.05, 0.1) is 5.56 Å². The SMILES string of the molecule is O=Cc1cc[n+](COC[n+]2cccc(C=O)c2)cc1. The van der Waals surface area contributed by atoms with Crippen LogP contribution in [-0.2, 0) is 18.2 Å². The van der Waals surface area contributed by atoms with Gasteiger partial charge in [0.25, 0.3) is 13.5 Å². The van der Waals surface area contributed by atoms with Gasteiger partial charge in [-0.25, -0.2) is 0 Å². The molecule has 0 aromatic carbocycles. The number of nitrogens with zero attached hydrogens (tertiary/aromatic N) is 2. The van der Waals surface area contributed by atoms with E-state index in [2.05, 4.69) is 0 Å². The van der Waals surface area contributed by atoms with Gasteiger partial charge in [0, 0.05) is 23.8 Å². The lowest BCUT2D eigenvalue weighted by molar-refractivity contribution is -0.788. The predicted octanol–water partition coefficient (Wildman–Crippen LogP) is 0.518. The summed E-state index contributed by atoms with van der Waals surface area (Å²) in [5, 5.41) is 0. The minimum Gasteiger partial charge on any atom is -0.298 e. The Labute approximate surface area is 110 Å². The first-order valence-electron chi connectivity index (χ1n) is 5.78. The fraction of sp³-hybridized carbons (Fsp3) is 0.143. The van der Waals surface area contributed by atoms with Crippen LogP contribution in [0.25, 0.3) is 0 Å². The molecule has 0 amide bonds. The van der Waals surface area contributed by atoms with Gasteiger partial charge in [-0.2, -0.15) is 9.13 Å². The summed E-state index contributed by atoms with van der Waals surface area (Å²) in [6.07, 6.45) is 8.68. The number of hydrogen-bond donors (Lipinski definition) is 0. The molecule has 5 nitrogen and oxygen atoms in total. The summed E-state index contributed by atoms with van der Waals surface area (Å²) in [7, 11) is 0. The lowest BCUT2D eigenvalue weighted by atomic mass is 10.3. The minimum absolute atomic E-state index is 0.351. The minimum atomic E-state index is 0.351. The second-order valence-electron chi connectivity index (χ2n) is 4.00. The van der Waals surface area contributed by atoms with Crippen molar-refractivity contribution in [3.63, 3.8) is 0 Å². The van der Waals surface area contributed by atoms with Gasteiger partial charge in [-0.15, -0.1) is 0 Å². The third-order valence-corrected chi connectivity index (χ3v) is 2.55. The Morgan fingerprint density at radius 3 is 2.26 bits per heavy atom. The lowest BCUT2D eigenvalue weighted by Gasteiger charge is -1.98. The summed E-state index contributed by atoms with van der Waals surface area (Å²) in [6.45, 7) is 0.724. The molecule has 5 heteroatoms. The van der Waals surface area contributed by atoms with Crippen molar-refractivity contribution in [1.82, 2.24) is 0 Å². The van der Waals surface area contributed by atoms with Crippen molar-refractivity contribution in [2.45, 2.75) is 13.5 Å². The number of rotatable bonds is 6. The summed E-state index contributed by atoms with van der Waals surface area (Å²) in [5.74, 6) is 0. The van der Waals surface area contributed by atoms with Crippen molar-refractivity contribution in [2.24, 2.45) is 0 Å². The first kappa shape index (κ1) is 13.0. The van der Waals surface area contributed by atoms with E-state index in [0.29, 0.717) is 24.6 Å². The molecular formula is C14H14N2O3+2. The lowest BCUT2D eigenvalue weighted by Crippen LogP contribution is -2.40. The summed E-state index contributed by atoms with van der Waals surface area (Å²) in [4.78, 5) is 21.1. The van der Waals surface area contributed by atoms with Crippen molar-refractivity contribution in [1.29, 1.82) is 0 Å². The van der Waals surface area contributed by atoms with Crippen molar-refractivity contribution in [2.75, 3.05) is 0 Å². The number of pyridine rings is 2. The van der Waals surface area contributed by atoms with E-state index in [1.165, 1.54) is 0 Å². The third kappa shape index (κ3) is 3.79. The monoisotopic (exact) mass is 258 g/mol. The third-order valence-electron chi connectivity index (χ3n) is 2.55. The Bertz CT molecular complexity index is 567. The molecule has 96 valence electrons. The predicted molar refractivity (Wildman–Crippen MR) is 65.1 cm³/mol. The van der Waals surface area contributed by atoms with E-state index >= 15 is 0 Å². The standard InChI is InChI=1S/C14H14N2O3/c17-9-13-3-6-15(7-4-13)11-19-12-16-5-1-2-14(8-16)10-18/h1-10H,11-12H2/q+2. The van der Waals surface area contributed by atoms with E-state index in [0.717, 1.165) is 12.6 Å². The molecule has 0 N–H and O–H groups in total. The van der Waals surface area contributed by atoms with E-state index in [4.69, 9.17) is 4.74 Å². The average molecular weight is 258 g/mol. The van der Waals surface area contributed by atoms with Crippen LogP contribution >= 0.6 is 0 Å². The number of ether oxygens (including phenoxy) is 1. The van der Waals surface area contributed by atoms with Gasteiger partial charge < -0.3 is 0 Å². The Morgan fingerprint density at radius 1 is 0.895 bits per heavy atom. The van der Waals surface area contributed by atoms with Crippen LogP contribution in [0.2, 0.25) is 0 Å². The van der Waals surface area contributed by atoms with Gasteiger partial charge >= 0.3 is 0 Å². The van der Waals surface area contributed by atoms with E-state index in [9.17, 15) is 9.59 Å². The Morgan fingerprint density at radius 2 is 1.58 bits per heavy atom. The first-order chi connectivity index (χ1) is 9.31. The molecule has 2 aromatic rings. The van der Waals surface area contributed by atoms with E-state index in [1.54, 1.807) is 47.4 Å². The fourth-order valence-corrected chi connectivity index (χ4v) is 1.58. The zero-order valence-electron chi connectivity index (χ0n) is 10.3. The molecule has 0 saturated heterocycles. The molecule has 0 aliphatic rings. The molecule has 2 heterocycles. The van der Waals surface area contributed by atoms with Crippen LogP contribution in [0.4, 0.5) is 0 Å². The number of aromatic nitrogens is 2. The summed E-state index contributed by atoms with van der Waals surface area (Å²) < 4.78 is 9.10. The number of carbonyl (C=O) groups excluding carboxylic acids is 2. The van der Waals surface area contributed by atoms with Crippen molar-refractivity contribution < 1.29 is 23.5 Å². The second kappa shape index (κ2) is 6.51. The summed E-state index contributed by atoms with van der Waals surface area (Å²) in [5.41, 5.74) is 1.23. The van der Waals surface area contributed by atoms with Crippen LogP contribution in [0, 0.1) is 0 Å².